The van der Waals surface area contributed by atoms with Gasteiger partial charge in [-0.05, 0) is 24.5 Å². The van der Waals surface area contributed by atoms with Crippen molar-refractivity contribution in [1.29, 1.82) is 0 Å². The molecule has 0 atom stereocenters. The smallest absolute Gasteiger partial charge is 0.212 e. The molecule has 16 heavy (non-hydrogen) atoms. The van der Waals surface area contributed by atoms with Crippen LogP contribution in [0.3, 0.4) is 0 Å². The zero-order chi connectivity index (χ0) is 11.1. The van der Waals surface area contributed by atoms with Crippen LogP contribution in [0.4, 0.5) is 0 Å². The molecule has 0 aromatic carbocycles. The Morgan fingerprint density at radius 2 is 2.44 bits per heavy atom. The topological polar surface area (TPSA) is 63.0 Å². The van der Waals surface area contributed by atoms with Crippen molar-refractivity contribution in [2.75, 3.05) is 0 Å². The van der Waals surface area contributed by atoms with Crippen molar-refractivity contribution < 1.29 is 4.79 Å². The number of fused-ring (bicyclic) bond motifs is 1. The predicted octanol–water partition coefficient (Wildman–Crippen LogP) is 1.91. The molecule has 0 unspecified atom stereocenters. The number of carbonyl (C=O) groups excluding carboxylic acids is 1. The molecule has 6 heteroatoms. The molecule has 0 aliphatic carbocycles. The Labute approximate surface area is 94.9 Å². The van der Waals surface area contributed by atoms with Crippen molar-refractivity contribution in [3.8, 4) is 10.6 Å². The minimum absolute atomic E-state index is 0.568. The number of nitrogens with zero attached hydrogens (tertiary/aromatic N) is 3. The van der Waals surface area contributed by atoms with E-state index in [0.717, 1.165) is 22.6 Å². The molecule has 3 aromatic rings. The lowest BCUT2D eigenvalue weighted by Gasteiger charge is -1.89. The Morgan fingerprint density at radius 1 is 1.56 bits per heavy atom. The van der Waals surface area contributed by atoms with E-state index in [2.05, 4.69) is 14.3 Å². The van der Waals surface area contributed by atoms with Gasteiger partial charge in [-0.3, -0.25) is 9.20 Å². The number of carbonyl (C=O) groups is 1. The van der Waals surface area contributed by atoms with Crippen molar-refractivity contribution in [1.82, 2.24) is 18.7 Å². The minimum atomic E-state index is 0.568. The van der Waals surface area contributed by atoms with Crippen LogP contribution >= 0.6 is 11.5 Å². The van der Waals surface area contributed by atoms with Crippen molar-refractivity contribution in [2.24, 2.45) is 0 Å². The number of aromatic amines is 1. The third-order valence-corrected chi connectivity index (χ3v) is 3.28. The van der Waals surface area contributed by atoms with Gasteiger partial charge in [0, 0.05) is 18.1 Å². The summed E-state index contributed by atoms with van der Waals surface area (Å²) in [5, 5.41) is 0. The molecular formula is C10H8N4OS. The lowest BCUT2D eigenvalue weighted by molar-refractivity contribution is 0.111. The molecule has 0 aliphatic heterocycles. The van der Waals surface area contributed by atoms with Crippen LogP contribution in [0.2, 0.25) is 0 Å². The van der Waals surface area contributed by atoms with Crippen molar-refractivity contribution >= 4 is 23.6 Å². The van der Waals surface area contributed by atoms with Crippen molar-refractivity contribution in [2.45, 2.75) is 6.92 Å². The van der Waals surface area contributed by atoms with Gasteiger partial charge in [0.2, 0.25) is 5.78 Å². The summed E-state index contributed by atoms with van der Waals surface area (Å²) in [4.78, 5) is 19.1. The van der Waals surface area contributed by atoms with E-state index in [1.807, 2.05) is 23.6 Å². The molecule has 1 N–H and O–H groups in total. The maximum absolute atomic E-state index is 10.7. The standard InChI is InChI=1S/C10H8N4OS/c1-6-8(5-15)13-10-12-7(4-14(6)10)9-2-3-11-16-9/h2-5H,1H3,(H,12,13). The summed E-state index contributed by atoms with van der Waals surface area (Å²) in [6.45, 7) is 1.88. The maximum Gasteiger partial charge on any atom is 0.212 e. The molecule has 80 valence electrons. The van der Waals surface area contributed by atoms with E-state index in [-0.39, 0.29) is 0 Å². The van der Waals surface area contributed by atoms with Gasteiger partial charge in [0.05, 0.1) is 4.88 Å². The quantitative estimate of drug-likeness (QED) is 0.686. The summed E-state index contributed by atoms with van der Waals surface area (Å²) in [5.74, 6) is 0.683. The molecular weight excluding hydrogens is 224 g/mol. The average Bonchev–Trinajstić information content (AvgIpc) is 2.95. The number of imidazole rings is 2. The van der Waals surface area contributed by atoms with Crippen LogP contribution in [0.15, 0.2) is 18.5 Å². The number of rotatable bonds is 2. The first kappa shape index (κ1) is 9.29. The van der Waals surface area contributed by atoms with Gasteiger partial charge < -0.3 is 4.98 Å². The summed E-state index contributed by atoms with van der Waals surface area (Å²) in [5.41, 5.74) is 2.31. The molecule has 0 saturated heterocycles. The highest BCUT2D eigenvalue weighted by Gasteiger charge is 2.11. The largest absolute Gasteiger partial charge is 0.321 e. The minimum Gasteiger partial charge on any atom is -0.321 e. The monoisotopic (exact) mass is 232 g/mol. The number of aromatic nitrogens is 4. The first-order chi connectivity index (χ1) is 7.79. The number of H-pyrrole nitrogens is 1. The fraction of sp³-hybridized carbons (Fsp3) is 0.100. The maximum atomic E-state index is 10.7. The highest BCUT2D eigenvalue weighted by Crippen LogP contribution is 2.23. The summed E-state index contributed by atoms with van der Waals surface area (Å²) < 4.78 is 5.91. The van der Waals surface area contributed by atoms with Crippen LogP contribution in [0.25, 0.3) is 16.3 Å². The SMILES string of the molecule is Cc1c(C=O)[nH]c2nc(-c3ccns3)cn12. The fourth-order valence-electron chi connectivity index (χ4n) is 1.65. The first-order valence-corrected chi connectivity index (χ1v) is 5.51. The Hall–Kier alpha value is -1.95. The number of aryl methyl sites for hydroxylation is 1. The highest BCUT2D eigenvalue weighted by molar-refractivity contribution is 7.09. The molecule has 0 saturated carbocycles. The fourth-order valence-corrected chi connectivity index (χ4v) is 2.20. The zero-order valence-corrected chi connectivity index (χ0v) is 9.28. The molecule has 0 fully saturated rings. The summed E-state index contributed by atoms with van der Waals surface area (Å²) in [6.07, 6.45) is 4.45. The molecule has 3 heterocycles. The van der Waals surface area contributed by atoms with Crippen LogP contribution in [-0.4, -0.2) is 25.0 Å². The second-order valence-electron chi connectivity index (χ2n) is 3.44. The third kappa shape index (κ3) is 1.20. The summed E-state index contributed by atoms with van der Waals surface area (Å²) in [7, 11) is 0. The Bertz CT molecular complexity index is 650. The van der Waals surface area contributed by atoms with E-state index < -0.39 is 0 Å². The molecule has 0 bridgehead atoms. The number of nitrogens with one attached hydrogen (secondary N) is 1. The second-order valence-corrected chi connectivity index (χ2v) is 4.27. The normalized spacial score (nSPS) is 11.1. The Balaban J connectivity index is 2.22. The molecule has 0 radical (unpaired) electrons. The van der Waals surface area contributed by atoms with Gasteiger partial charge >= 0.3 is 0 Å². The third-order valence-electron chi connectivity index (χ3n) is 2.51. The van der Waals surface area contributed by atoms with Gasteiger partial charge in [-0.1, -0.05) is 0 Å². The zero-order valence-electron chi connectivity index (χ0n) is 8.47. The van der Waals surface area contributed by atoms with Crippen LogP contribution in [-0.2, 0) is 0 Å². The van der Waals surface area contributed by atoms with E-state index >= 15 is 0 Å². The van der Waals surface area contributed by atoms with E-state index in [1.165, 1.54) is 11.5 Å². The number of hydrogen-bond acceptors (Lipinski definition) is 4. The lowest BCUT2D eigenvalue weighted by atomic mass is 10.3. The first-order valence-electron chi connectivity index (χ1n) is 4.73. The van der Waals surface area contributed by atoms with Crippen LogP contribution in [0, 0.1) is 6.92 Å². The molecule has 0 spiro atoms. The Morgan fingerprint density at radius 3 is 3.06 bits per heavy atom. The summed E-state index contributed by atoms with van der Waals surface area (Å²) in [6, 6.07) is 1.92. The van der Waals surface area contributed by atoms with Gasteiger partial charge in [0.1, 0.15) is 11.4 Å². The molecule has 3 rings (SSSR count). The lowest BCUT2D eigenvalue weighted by Crippen LogP contribution is -1.85. The van der Waals surface area contributed by atoms with Gasteiger partial charge in [-0.2, -0.15) is 0 Å². The van der Waals surface area contributed by atoms with Crippen LogP contribution < -0.4 is 0 Å². The van der Waals surface area contributed by atoms with Gasteiger partial charge in [0.25, 0.3) is 0 Å². The second kappa shape index (κ2) is 3.28. The van der Waals surface area contributed by atoms with E-state index in [9.17, 15) is 4.79 Å². The van der Waals surface area contributed by atoms with Crippen LogP contribution in [0.1, 0.15) is 16.2 Å². The van der Waals surface area contributed by atoms with E-state index in [0.29, 0.717) is 11.5 Å². The molecule has 5 nitrogen and oxygen atoms in total. The van der Waals surface area contributed by atoms with Crippen molar-refractivity contribution in [3.05, 3.63) is 29.8 Å². The van der Waals surface area contributed by atoms with Gasteiger partial charge in [0.15, 0.2) is 6.29 Å². The number of hydrogen-bond donors (Lipinski definition) is 1. The van der Waals surface area contributed by atoms with Gasteiger partial charge in [-0.15, -0.1) is 0 Å². The highest BCUT2D eigenvalue weighted by atomic mass is 32.1. The van der Waals surface area contributed by atoms with Crippen LogP contribution in [0.5, 0.6) is 0 Å². The Kier molecular flexibility index (Phi) is 1.90. The number of aldehydes is 1. The van der Waals surface area contributed by atoms with Gasteiger partial charge in [-0.25, -0.2) is 9.36 Å². The molecule has 0 aliphatic rings. The van der Waals surface area contributed by atoms with E-state index in [1.54, 1.807) is 6.20 Å². The predicted molar refractivity (Wildman–Crippen MR) is 60.8 cm³/mol. The average molecular weight is 232 g/mol. The molecule has 0 amide bonds. The van der Waals surface area contributed by atoms with Crippen molar-refractivity contribution in [3.63, 3.8) is 0 Å². The molecule has 3 aromatic heterocycles. The van der Waals surface area contributed by atoms with E-state index in [4.69, 9.17) is 0 Å². The summed E-state index contributed by atoms with van der Waals surface area (Å²) >= 11 is 1.40.